The van der Waals surface area contributed by atoms with Crippen molar-refractivity contribution in [2.75, 3.05) is 29.4 Å². The number of hydrogen-bond acceptors (Lipinski definition) is 5. The topological polar surface area (TPSA) is 56.9 Å². The fraction of sp³-hybridized carbons (Fsp3) is 0.483. The summed E-state index contributed by atoms with van der Waals surface area (Å²) in [5, 5.41) is 11.2. The molecule has 5 nitrogen and oxygen atoms in total. The van der Waals surface area contributed by atoms with Crippen molar-refractivity contribution in [1.29, 1.82) is 0 Å². The zero-order valence-electron chi connectivity index (χ0n) is 21.0. The number of nitrogens with zero attached hydrogens (tertiary/aromatic N) is 2. The Labute approximate surface area is 202 Å². The molecule has 2 aromatic carbocycles. The van der Waals surface area contributed by atoms with Gasteiger partial charge in [0.05, 0.1) is 23.1 Å². The van der Waals surface area contributed by atoms with Crippen molar-refractivity contribution in [3.8, 4) is 0 Å². The van der Waals surface area contributed by atoms with Crippen LogP contribution < -0.4 is 15.2 Å². The maximum atomic E-state index is 13.5. The Kier molecular flexibility index (Phi) is 5.71. The van der Waals surface area contributed by atoms with E-state index in [0.717, 1.165) is 60.7 Å². The van der Waals surface area contributed by atoms with Crippen LogP contribution in [0.1, 0.15) is 74.4 Å². The van der Waals surface area contributed by atoms with Gasteiger partial charge in [-0.05, 0) is 63.1 Å². The number of aliphatic hydroxyl groups excluding tert-OH is 1. The minimum absolute atomic E-state index is 0.00459. The van der Waals surface area contributed by atoms with Crippen molar-refractivity contribution >= 4 is 22.5 Å². The minimum Gasteiger partial charge on any atom is -0.440 e. The van der Waals surface area contributed by atoms with Gasteiger partial charge in [-0.1, -0.05) is 38.1 Å². The number of benzene rings is 2. The lowest BCUT2D eigenvalue weighted by molar-refractivity contribution is 0.163. The van der Waals surface area contributed by atoms with E-state index in [1.807, 2.05) is 38.1 Å². The zero-order chi connectivity index (χ0) is 24.2. The van der Waals surface area contributed by atoms with E-state index in [1.54, 1.807) is 0 Å². The van der Waals surface area contributed by atoms with Gasteiger partial charge in [0.1, 0.15) is 5.58 Å². The number of fused-ring (bicyclic) bond motifs is 2. The maximum absolute atomic E-state index is 13.5. The summed E-state index contributed by atoms with van der Waals surface area (Å²) in [6.45, 7) is 13.3. The Balaban J connectivity index is 1.63. The Hall–Kier alpha value is -2.79. The second kappa shape index (κ2) is 8.46. The van der Waals surface area contributed by atoms with E-state index in [-0.39, 0.29) is 11.5 Å². The van der Waals surface area contributed by atoms with E-state index >= 15 is 0 Å². The number of piperidine rings is 1. The van der Waals surface area contributed by atoms with Crippen LogP contribution in [0.25, 0.3) is 11.0 Å². The summed E-state index contributed by atoms with van der Waals surface area (Å²) in [7, 11) is 0. The quantitative estimate of drug-likeness (QED) is 0.516. The largest absolute Gasteiger partial charge is 0.440 e. The van der Waals surface area contributed by atoms with Crippen molar-refractivity contribution in [1.82, 2.24) is 0 Å². The third-order valence-electron chi connectivity index (χ3n) is 7.94. The molecule has 5 rings (SSSR count). The monoisotopic (exact) mass is 460 g/mol. The molecule has 2 aliphatic rings. The van der Waals surface area contributed by atoms with Gasteiger partial charge in [-0.2, -0.15) is 0 Å². The molecule has 0 amide bonds. The standard InChI is InChI=1S/C29H36N2O3/c1-18-16-22(20(3)31-13-10-25(32)21-8-6-7-9-24(21)31)27-23(17-18)26(33)19(2)28(34-27)30-14-11-29(4,5)12-15-30/h6-9,16-17,20,25,32H,10-15H2,1-5H3/t20?,25-/m1/s1. The van der Waals surface area contributed by atoms with Gasteiger partial charge >= 0.3 is 0 Å². The van der Waals surface area contributed by atoms with E-state index in [0.29, 0.717) is 28.4 Å². The highest BCUT2D eigenvalue weighted by Gasteiger charge is 2.31. The molecule has 3 heterocycles. The molecule has 1 fully saturated rings. The molecule has 2 aliphatic heterocycles. The summed E-state index contributed by atoms with van der Waals surface area (Å²) in [6, 6.07) is 12.2. The Morgan fingerprint density at radius 1 is 1.09 bits per heavy atom. The van der Waals surface area contributed by atoms with Crippen molar-refractivity contribution in [3.63, 3.8) is 0 Å². The molecule has 3 aromatic rings. The van der Waals surface area contributed by atoms with Crippen LogP contribution in [0.3, 0.4) is 0 Å². The highest BCUT2D eigenvalue weighted by Crippen LogP contribution is 2.41. The molecule has 34 heavy (non-hydrogen) atoms. The average Bonchev–Trinajstić information content (AvgIpc) is 2.81. The molecular weight excluding hydrogens is 424 g/mol. The van der Waals surface area contributed by atoms with Crippen LogP contribution in [-0.4, -0.2) is 24.7 Å². The van der Waals surface area contributed by atoms with Crippen LogP contribution in [0.4, 0.5) is 11.6 Å². The predicted molar refractivity (Wildman–Crippen MR) is 139 cm³/mol. The Morgan fingerprint density at radius 2 is 1.79 bits per heavy atom. The van der Waals surface area contributed by atoms with Gasteiger partial charge in [0.25, 0.3) is 0 Å². The first-order valence-corrected chi connectivity index (χ1v) is 12.5. The molecule has 0 bridgehead atoms. The first-order chi connectivity index (χ1) is 16.2. The molecule has 1 N–H and O–H groups in total. The first kappa shape index (κ1) is 23.0. The van der Waals surface area contributed by atoms with Gasteiger partial charge in [-0.3, -0.25) is 4.79 Å². The van der Waals surface area contributed by atoms with Gasteiger partial charge < -0.3 is 19.3 Å². The number of hydrogen-bond donors (Lipinski definition) is 1. The fourth-order valence-electron chi connectivity index (χ4n) is 5.62. The van der Waals surface area contributed by atoms with E-state index in [1.165, 1.54) is 0 Å². The Morgan fingerprint density at radius 3 is 2.53 bits per heavy atom. The lowest BCUT2D eigenvalue weighted by Crippen LogP contribution is -2.38. The smallest absolute Gasteiger partial charge is 0.202 e. The van der Waals surface area contributed by atoms with Crippen LogP contribution in [0.15, 0.2) is 45.6 Å². The molecule has 1 unspecified atom stereocenters. The zero-order valence-corrected chi connectivity index (χ0v) is 21.0. The molecule has 0 spiro atoms. The van der Waals surface area contributed by atoms with Gasteiger partial charge in [0.2, 0.25) is 5.88 Å². The molecule has 1 saturated heterocycles. The second-order valence-electron chi connectivity index (χ2n) is 11.0. The third kappa shape index (κ3) is 3.90. The van der Waals surface area contributed by atoms with Crippen LogP contribution in [0, 0.1) is 19.3 Å². The summed E-state index contributed by atoms with van der Waals surface area (Å²) in [6.07, 6.45) is 2.41. The molecule has 0 radical (unpaired) electrons. The molecular formula is C29H36N2O3. The van der Waals surface area contributed by atoms with Crippen molar-refractivity contribution in [3.05, 3.63) is 68.9 Å². The van der Waals surface area contributed by atoms with Gasteiger partial charge in [-0.15, -0.1) is 0 Å². The summed E-state index contributed by atoms with van der Waals surface area (Å²) in [5.41, 5.74) is 5.87. The number of para-hydroxylation sites is 1. The maximum Gasteiger partial charge on any atom is 0.202 e. The van der Waals surface area contributed by atoms with Crippen molar-refractivity contribution in [2.45, 2.75) is 66.0 Å². The van der Waals surface area contributed by atoms with Gasteiger partial charge in [0, 0.05) is 36.4 Å². The van der Waals surface area contributed by atoms with Gasteiger partial charge in [0.15, 0.2) is 5.43 Å². The summed E-state index contributed by atoms with van der Waals surface area (Å²) in [4.78, 5) is 18.1. The fourth-order valence-corrected chi connectivity index (χ4v) is 5.62. The SMILES string of the molecule is Cc1cc(C(C)N2CC[C@@H](O)c3ccccc32)c2oc(N3CCC(C)(C)CC3)c(C)c(=O)c2c1. The number of aliphatic hydroxyl groups is 1. The number of rotatable bonds is 3. The third-order valence-corrected chi connectivity index (χ3v) is 7.94. The summed E-state index contributed by atoms with van der Waals surface area (Å²) < 4.78 is 6.64. The molecule has 5 heteroatoms. The average molecular weight is 461 g/mol. The van der Waals surface area contributed by atoms with Crippen LogP contribution in [0.2, 0.25) is 0 Å². The van der Waals surface area contributed by atoms with Crippen molar-refractivity contribution in [2.24, 2.45) is 5.41 Å². The lowest BCUT2D eigenvalue weighted by Gasteiger charge is -2.39. The molecule has 0 saturated carbocycles. The van der Waals surface area contributed by atoms with Crippen LogP contribution in [0.5, 0.6) is 0 Å². The van der Waals surface area contributed by atoms with E-state index in [2.05, 4.69) is 42.7 Å². The Bertz CT molecular complexity index is 1280. The van der Waals surface area contributed by atoms with E-state index in [4.69, 9.17) is 4.42 Å². The summed E-state index contributed by atoms with van der Waals surface area (Å²) >= 11 is 0. The first-order valence-electron chi connectivity index (χ1n) is 12.5. The molecule has 2 atom stereocenters. The minimum atomic E-state index is -0.440. The lowest BCUT2D eigenvalue weighted by atomic mass is 9.82. The van der Waals surface area contributed by atoms with E-state index < -0.39 is 6.10 Å². The van der Waals surface area contributed by atoms with Crippen LogP contribution in [-0.2, 0) is 0 Å². The normalized spacial score (nSPS) is 20.9. The molecule has 1 aromatic heterocycles. The highest BCUT2D eigenvalue weighted by atomic mass is 16.4. The van der Waals surface area contributed by atoms with E-state index in [9.17, 15) is 9.90 Å². The number of aryl methyl sites for hydroxylation is 1. The van der Waals surface area contributed by atoms with Crippen LogP contribution >= 0.6 is 0 Å². The highest BCUT2D eigenvalue weighted by molar-refractivity contribution is 5.84. The summed E-state index contributed by atoms with van der Waals surface area (Å²) in [5.74, 6) is 0.722. The number of anilines is 2. The van der Waals surface area contributed by atoms with Gasteiger partial charge in [-0.25, -0.2) is 0 Å². The molecule has 0 aliphatic carbocycles. The molecule has 180 valence electrons. The van der Waals surface area contributed by atoms with Crippen molar-refractivity contribution < 1.29 is 9.52 Å². The predicted octanol–water partition coefficient (Wildman–Crippen LogP) is 6.04. The second-order valence-corrected chi connectivity index (χ2v) is 11.0.